The van der Waals surface area contributed by atoms with E-state index < -0.39 is 0 Å². The van der Waals surface area contributed by atoms with Gasteiger partial charge in [-0.25, -0.2) is 4.79 Å². The minimum Gasteiger partial charge on any atom is -0.398 e. The molecule has 4 N–H and O–H groups in total. The van der Waals surface area contributed by atoms with E-state index in [9.17, 15) is 9.59 Å². The van der Waals surface area contributed by atoms with Crippen molar-refractivity contribution in [1.29, 1.82) is 0 Å². The van der Waals surface area contributed by atoms with Crippen molar-refractivity contribution in [2.75, 3.05) is 22.5 Å². The fourth-order valence-electron chi connectivity index (χ4n) is 3.33. The van der Waals surface area contributed by atoms with Gasteiger partial charge in [-0.2, -0.15) is 0 Å². The van der Waals surface area contributed by atoms with Crippen LogP contribution in [-0.2, 0) is 6.42 Å². The van der Waals surface area contributed by atoms with Crippen LogP contribution >= 0.6 is 12.4 Å². The first-order valence-electron chi connectivity index (χ1n) is 8.98. The first kappa shape index (κ1) is 19.0. The monoisotopic (exact) mass is 386 g/mol. The lowest BCUT2D eigenvalue weighted by Gasteiger charge is -2.30. The lowest BCUT2D eigenvalue weighted by atomic mass is 9.99. The highest BCUT2D eigenvalue weighted by Gasteiger charge is 2.25. The average molecular weight is 387 g/mol. The summed E-state index contributed by atoms with van der Waals surface area (Å²) in [6.07, 6.45) is 3.83. The summed E-state index contributed by atoms with van der Waals surface area (Å²) in [4.78, 5) is 26.7. The van der Waals surface area contributed by atoms with Crippen molar-refractivity contribution < 1.29 is 9.59 Å². The second-order valence-corrected chi connectivity index (χ2v) is 6.86. The molecule has 2 aromatic rings. The predicted octanol–water partition coefficient (Wildman–Crippen LogP) is 3.57. The van der Waals surface area contributed by atoms with Crippen LogP contribution in [-0.4, -0.2) is 24.5 Å². The van der Waals surface area contributed by atoms with Crippen LogP contribution in [0.5, 0.6) is 0 Å². The van der Waals surface area contributed by atoms with E-state index >= 15 is 0 Å². The highest BCUT2D eigenvalue weighted by molar-refractivity contribution is 6.08. The molecule has 142 valence electrons. The maximum absolute atomic E-state index is 13.1. The van der Waals surface area contributed by atoms with E-state index in [1.54, 1.807) is 29.2 Å². The van der Waals surface area contributed by atoms with Gasteiger partial charge in [-0.3, -0.25) is 4.79 Å². The summed E-state index contributed by atoms with van der Waals surface area (Å²) < 4.78 is 0. The molecule has 1 saturated carbocycles. The zero-order valence-electron chi connectivity index (χ0n) is 14.9. The molecular weight excluding hydrogens is 364 g/mol. The van der Waals surface area contributed by atoms with Gasteiger partial charge in [-0.1, -0.05) is 12.1 Å². The molecule has 0 bridgehead atoms. The van der Waals surface area contributed by atoms with Crippen LogP contribution in [0.1, 0.15) is 35.2 Å². The molecule has 6 nitrogen and oxygen atoms in total. The molecule has 1 heterocycles. The van der Waals surface area contributed by atoms with E-state index in [4.69, 9.17) is 5.73 Å². The highest BCUT2D eigenvalue weighted by Crippen LogP contribution is 2.32. The van der Waals surface area contributed by atoms with Gasteiger partial charge in [0, 0.05) is 35.2 Å². The maximum Gasteiger partial charge on any atom is 0.319 e. The summed E-state index contributed by atoms with van der Waals surface area (Å²) in [6, 6.07) is 12.8. The van der Waals surface area contributed by atoms with Crippen molar-refractivity contribution in [1.82, 2.24) is 5.32 Å². The Hall–Kier alpha value is -2.73. The third-order valence-corrected chi connectivity index (χ3v) is 4.81. The van der Waals surface area contributed by atoms with Gasteiger partial charge in [0.25, 0.3) is 5.91 Å². The van der Waals surface area contributed by atoms with Gasteiger partial charge in [-0.05, 0) is 61.6 Å². The summed E-state index contributed by atoms with van der Waals surface area (Å²) in [5, 5.41) is 5.67. The second kappa shape index (κ2) is 7.88. The Morgan fingerprint density at radius 2 is 1.89 bits per heavy atom. The van der Waals surface area contributed by atoms with Gasteiger partial charge >= 0.3 is 6.03 Å². The average Bonchev–Trinajstić information content (AvgIpc) is 3.45. The van der Waals surface area contributed by atoms with Crippen LogP contribution in [0, 0.1) is 0 Å². The normalized spacial score (nSPS) is 15.3. The number of urea groups is 1. The van der Waals surface area contributed by atoms with Gasteiger partial charge in [0.2, 0.25) is 0 Å². The van der Waals surface area contributed by atoms with Crippen LogP contribution < -0.4 is 21.3 Å². The topological polar surface area (TPSA) is 87.5 Å². The molecule has 0 radical (unpaired) electrons. The number of rotatable bonds is 3. The van der Waals surface area contributed by atoms with Crippen molar-refractivity contribution >= 4 is 41.4 Å². The van der Waals surface area contributed by atoms with Gasteiger partial charge < -0.3 is 21.3 Å². The largest absolute Gasteiger partial charge is 0.398 e. The van der Waals surface area contributed by atoms with Crippen molar-refractivity contribution in [3.05, 3.63) is 53.6 Å². The number of fused-ring (bicyclic) bond motifs is 1. The Labute approximate surface area is 164 Å². The number of nitrogens with two attached hydrogens (primary N) is 1. The van der Waals surface area contributed by atoms with E-state index in [-0.39, 0.29) is 30.4 Å². The van der Waals surface area contributed by atoms with Crippen LogP contribution in [0.25, 0.3) is 0 Å². The number of carbonyl (C=O) groups is 2. The maximum atomic E-state index is 13.1. The summed E-state index contributed by atoms with van der Waals surface area (Å²) in [6.45, 7) is 0.662. The van der Waals surface area contributed by atoms with E-state index in [1.807, 2.05) is 18.2 Å². The molecule has 0 aromatic heterocycles. The number of amides is 3. The van der Waals surface area contributed by atoms with E-state index in [0.717, 1.165) is 42.6 Å². The molecule has 3 amide bonds. The Bertz CT molecular complexity index is 867. The minimum atomic E-state index is -0.229. The van der Waals surface area contributed by atoms with Gasteiger partial charge in [0.05, 0.1) is 0 Å². The summed E-state index contributed by atoms with van der Waals surface area (Å²) in [5.74, 6) is -0.0807. The summed E-state index contributed by atoms with van der Waals surface area (Å²) >= 11 is 0. The van der Waals surface area contributed by atoms with E-state index in [0.29, 0.717) is 17.8 Å². The molecule has 0 unspecified atom stereocenters. The zero-order valence-corrected chi connectivity index (χ0v) is 15.7. The van der Waals surface area contributed by atoms with Gasteiger partial charge in [0.1, 0.15) is 0 Å². The zero-order chi connectivity index (χ0) is 18.1. The van der Waals surface area contributed by atoms with E-state index in [2.05, 4.69) is 10.6 Å². The molecular formula is C20H23ClN4O2. The fourth-order valence-corrected chi connectivity index (χ4v) is 3.33. The second-order valence-electron chi connectivity index (χ2n) is 6.86. The molecule has 1 fully saturated rings. The lowest BCUT2D eigenvalue weighted by Crippen LogP contribution is -2.36. The molecule has 2 aromatic carbocycles. The quantitative estimate of drug-likeness (QED) is 0.704. The number of anilines is 3. The summed E-state index contributed by atoms with van der Waals surface area (Å²) in [5.41, 5.74) is 9.87. The number of carbonyl (C=O) groups excluding carboxylic acids is 2. The smallest absolute Gasteiger partial charge is 0.319 e. The number of hydrogen-bond acceptors (Lipinski definition) is 3. The molecule has 1 aliphatic carbocycles. The predicted molar refractivity (Wildman–Crippen MR) is 110 cm³/mol. The Morgan fingerprint density at radius 1 is 1.11 bits per heavy atom. The van der Waals surface area contributed by atoms with Gasteiger partial charge in [0.15, 0.2) is 0 Å². The Kier molecular flexibility index (Phi) is 5.56. The molecule has 0 saturated heterocycles. The van der Waals surface area contributed by atoms with Crippen molar-refractivity contribution in [2.24, 2.45) is 0 Å². The number of hydrogen-bond donors (Lipinski definition) is 3. The SMILES string of the molecule is Cl.Nc1cccc2c1CCCN2C(=O)c1cccc(NC(=O)NC2CC2)c1. The number of nitrogens with one attached hydrogen (secondary N) is 2. The summed E-state index contributed by atoms with van der Waals surface area (Å²) in [7, 11) is 0. The van der Waals surface area contributed by atoms with Crippen LogP contribution in [0.2, 0.25) is 0 Å². The number of benzene rings is 2. The lowest BCUT2D eigenvalue weighted by molar-refractivity contribution is 0.0985. The van der Waals surface area contributed by atoms with Crippen molar-refractivity contribution in [2.45, 2.75) is 31.7 Å². The molecule has 27 heavy (non-hydrogen) atoms. The standard InChI is InChI=1S/C20H22N4O2.ClH/c21-17-7-2-8-18-16(17)6-3-11-24(18)19(25)13-4-1-5-15(12-13)23-20(26)22-14-9-10-14;/h1-2,4-5,7-8,12,14H,3,6,9-11,21H2,(H2,22,23,26);1H. The fraction of sp³-hybridized carbons (Fsp3) is 0.300. The molecule has 2 aliphatic rings. The van der Waals surface area contributed by atoms with E-state index in [1.165, 1.54) is 0 Å². The molecule has 0 spiro atoms. The van der Waals surface area contributed by atoms with Gasteiger partial charge in [-0.15, -0.1) is 12.4 Å². The molecule has 1 aliphatic heterocycles. The Balaban J connectivity index is 0.00000210. The third-order valence-electron chi connectivity index (χ3n) is 4.81. The first-order chi connectivity index (χ1) is 12.6. The van der Waals surface area contributed by atoms with Crippen LogP contribution in [0.4, 0.5) is 21.9 Å². The number of nitrogens with zero attached hydrogens (tertiary/aromatic N) is 1. The third kappa shape index (κ3) is 4.17. The molecule has 0 atom stereocenters. The molecule has 7 heteroatoms. The highest BCUT2D eigenvalue weighted by atomic mass is 35.5. The Morgan fingerprint density at radius 3 is 2.67 bits per heavy atom. The number of halogens is 1. The minimum absolute atomic E-state index is 0. The van der Waals surface area contributed by atoms with Crippen LogP contribution in [0.3, 0.4) is 0 Å². The number of nitrogen functional groups attached to an aromatic ring is 1. The molecule has 4 rings (SSSR count). The van der Waals surface area contributed by atoms with Crippen molar-refractivity contribution in [3.8, 4) is 0 Å². The first-order valence-corrected chi connectivity index (χ1v) is 8.98. The van der Waals surface area contributed by atoms with Crippen LogP contribution in [0.15, 0.2) is 42.5 Å². The van der Waals surface area contributed by atoms with Crippen molar-refractivity contribution in [3.63, 3.8) is 0 Å².